The van der Waals surface area contributed by atoms with Gasteiger partial charge in [-0.25, -0.2) is 0 Å². The summed E-state index contributed by atoms with van der Waals surface area (Å²) in [5, 5.41) is 0. The third kappa shape index (κ3) is 2.94. The lowest BCUT2D eigenvalue weighted by atomic mass is 9.99. The zero-order valence-corrected chi connectivity index (χ0v) is 8.95. The van der Waals surface area contributed by atoms with Crippen LogP contribution in [0.2, 0.25) is 0 Å². The summed E-state index contributed by atoms with van der Waals surface area (Å²) in [6, 6.07) is 0.453. The van der Waals surface area contributed by atoms with Gasteiger partial charge in [0.2, 0.25) is 0 Å². The lowest BCUT2D eigenvalue weighted by molar-refractivity contribution is 0.0348. The molecule has 2 rings (SSSR count). The third-order valence-corrected chi connectivity index (χ3v) is 3.40. The van der Waals surface area contributed by atoms with Gasteiger partial charge in [-0.1, -0.05) is 0 Å². The first-order valence-corrected chi connectivity index (χ1v) is 5.90. The SMILES string of the molecule is NC1CCN(CC2CCCOC2)CC1. The molecule has 14 heavy (non-hydrogen) atoms. The zero-order chi connectivity index (χ0) is 9.80. The predicted molar refractivity (Wildman–Crippen MR) is 57.2 cm³/mol. The summed E-state index contributed by atoms with van der Waals surface area (Å²) in [6.07, 6.45) is 4.95. The fourth-order valence-electron chi connectivity index (χ4n) is 2.45. The van der Waals surface area contributed by atoms with Gasteiger partial charge in [0.05, 0.1) is 6.61 Å². The van der Waals surface area contributed by atoms with Crippen molar-refractivity contribution in [2.75, 3.05) is 32.8 Å². The van der Waals surface area contributed by atoms with Crippen molar-refractivity contribution >= 4 is 0 Å². The number of nitrogens with zero attached hydrogens (tertiary/aromatic N) is 1. The Hall–Kier alpha value is -0.120. The molecule has 1 unspecified atom stereocenters. The highest BCUT2D eigenvalue weighted by atomic mass is 16.5. The molecule has 2 N–H and O–H groups in total. The average molecular weight is 198 g/mol. The Balaban J connectivity index is 1.68. The average Bonchev–Trinajstić information content (AvgIpc) is 2.23. The van der Waals surface area contributed by atoms with Gasteiger partial charge in [-0.3, -0.25) is 0 Å². The minimum absolute atomic E-state index is 0.453. The van der Waals surface area contributed by atoms with Crippen LogP contribution in [0.4, 0.5) is 0 Å². The Morgan fingerprint density at radius 2 is 2.00 bits per heavy atom. The first-order chi connectivity index (χ1) is 6.84. The van der Waals surface area contributed by atoms with Crippen LogP contribution < -0.4 is 5.73 Å². The van der Waals surface area contributed by atoms with Crippen molar-refractivity contribution in [3.63, 3.8) is 0 Å². The van der Waals surface area contributed by atoms with Gasteiger partial charge < -0.3 is 15.4 Å². The molecule has 0 spiro atoms. The van der Waals surface area contributed by atoms with E-state index in [9.17, 15) is 0 Å². The molecule has 0 amide bonds. The molecule has 2 saturated heterocycles. The number of hydrogen-bond acceptors (Lipinski definition) is 3. The highest BCUT2D eigenvalue weighted by Gasteiger charge is 2.21. The molecule has 2 heterocycles. The van der Waals surface area contributed by atoms with Crippen LogP contribution in [0.15, 0.2) is 0 Å². The molecule has 3 nitrogen and oxygen atoms in total. The minimum atomic E-state index is 0.453. The lowest BCUT2D eigenvalue weighted by Gasteiger charge is -2.34. The van der Waals surface area contributed by atoms with E-state index in [1.54, 1.807) is 0 Å². The standard InChI is InChI=1S/C11H22N2O/c12-11-3-5-13(6-4-11)8-10-2-1-7-14-9-10/h10-11H,1-9,12H2. The van der Waals surface area contributed by atoms with Crippen molar-refractivity contribution in [1.29, 1.82) is 0 Å². The Morgan fingerprint density at radius 1 is 1.21 bits per heavy atom. The fourth-order valence-corrected chi connectivity index (χ4v) is 2.45. The second-order valence-electron chi connectivity index (χ2n) is 4.72. The van der Waals surface area contributed by atoms with Crippen molar-refractivity contribution in [1.82, 2.24) is 4.90 Å². The van der Waals surface area contributed by atoms with Gasteiger partial charge in [0, 0.05) is 19.2 Å². The molecule has 2 fully saturated rings. The molecule has 3 heteroatoms. The summed E-state index contributed by atoms with van der Waals surface area (Å²) in [7, 11) is 0. The summed E-state index contributed by atoms with van der Waals surface area (Å²) in [4.78, 5) is 2.56. The van der Waals surface area contributed by atoms with E-state index in [1.165, 1.54) is 45.3 Å². The first kappa shape index (κ1) is 10.4. The maximum atomic E-state index is 5.88. The molecular weight excluding hydrogens is 176 g/mol. The van der Waals surface area contributed by atoms with Gasteiger partial charge in [0.15, 0.2) is 0 Å². The zero-order valence-electron chi connectivity index (χ0n) is 8.95. The van der Waals surface area contributed by atoms with Crippen LogP contribution in [-0.4, -0.2) is 43.8 Å². The Labute approximate surface area is 86.6 Å². The molecule has 2 aliphatic heterocycles. The van der Waals surface area contributed by atoms with E-state index in [-0.39, 0.29) is 0 Å². The number of piperidine rings is 1. The highest BCUT2D eigenvalue weighted by molar-refractivity contribution is 4.76. The fraction of sp³-hybridized carbons (Fsp3) is 1.00. The monoisotopic (exact) mass is 198 g/mol. The smallest absolute Gasteiger partial charge is 0.0506 e. The Morgan fingerprint density at radius 3 is 2.64 bits per heavy atom. The second kappa shape index (κ2) is 5.10. The van der Waals surface area contributed by atoms with E-state index >= 15 is 0 Å². The van der Waals surface area contributed by atoms with E-state index in [0.29, 0.717) is 6.04 Å². The molecule has 2 aliphatic rings. The normalized spacial score (nSPS) is 31.9. The van der Waals surface area contributed by atoms with Gasteiger partial charge in [-0.15, -0.1) is 0 Å². The maximum absolute atomic E-state index is 5.88. The predicted octanol–water partition coefficient (Wildman–Crippen LogP) is 0.836. The maximum Gasteiger partial charge on any atom is 0.0506 e. The van der Waals surface area contributed by atoms with Crippen LogP contribution in [0, 0.1) is 5.92 Å². The third-order valence-electron chi connectivity index (χ3n) is 3.40. The molecule has 0 aromatic rings. The Bertz CT molecular complexity index is 161. The molecule has 0 saturated carbocycles. The number of nitrogens with two attached hydrogens (primary N) is 1. The molecular formula is C11H22N2O. The van der Waals surface area contributed by atoms with Crippen LogP contribution in [0.25, 0.3) is 0 Å². The van der Waals surface area contributed by atoms with Crippen molar-refractivity contribution in [3.8, 4) is 0 Å². The largest absolute Gasteiger partial charge is 0.381 e. The molecule has 0 aromatic carbocycles. The summed E-state index contributed by atoms with van der Waals surface area (Å²) < 4.78 is 5.49. The van der Waals surface area contributed by atoms with Crippen LogP contribution in [0.1, 0.15) is 25.7 Å². The quantitative estimate of drug-likeness (QED) is 0.714. The Kier molecular flexibility index (Phi) is 3.79. The molecule has 0 radical (unpaired) electrons. The van der Waals surface area contributed by atoms with E-state index in [1.807, 2.05) is 0 Å². The van der Waals surface area contributed by atoms with Gasteiger partial charge in [0.25, 0.3) is 0 Å². The van der Waals surface area contributed by atoms with Crippen molar-refractivity contribution in [3.05, 3.63) is 0 Å². The number of rotatable bonds is 2. The summed E-state index contributed by atoms with van der Waals surface area (Å²) in [6.45, 7) is 5.56. The van der Waals surface area contributed by atoms with Crippen molar-refractivity contribution < 1.29 is 4.74 Å². The van der Waals surface area contributed by atoms with Crippen LogP contribution in [0.5, 0.6) is 0 Å². The van der Waals surface area contributed by atoms with E-state index in [4.69, 9.17) is 10.5 Å². The van der Waals surface area contributed by atoms with E-state index in [2.05, 4.69) is 4.90 Å². The van der Waals surface area contributed by atoms with Gasteiger partial charge in [-0.05, 0) is 44.7 Å². The molecule has 0 bridgehead atoms. The highest BCUT2D eigenvalue weighted by Crippen LogP contribution is 2.17. The van der Waals surface area contributed by atoms with Gasteiger partial charge in [-0.2, -0.15) is 0 Å². The van der Waals surface area contributed by atoms with Crippen molar-refractivity contribution in [2.45, 2.75) is 31.7 Å². The molecule has 0 aromatic heterocycles. The van der Waals surface area contributed by atoms with Crippen LogP contribution in [0.3, 0.4) is 0 Å². The topological polar surface area (TPSA) is 38.5 Å². The van der Waals surface area contributed by atoms with E-state index < -0.39 is 0 Å². The summed E-state index contributed by atoms with van der Waals surface area (Å²) in [5.74, 6) is 0.776. The van der Waals surface area contributed by atoms with E-state index in [0.717, 1.165) is 19.1 Å². The number of hydrogen-bond donors (Lipinski definition) is 1. The lowest BCUT2D eigenvalue weighted by Crippen LogP contribution is -2.42. The van der Waals surface area contributed by atoms with Crippen molar-refractivity contribution in [2.24, 2.45) is 11.7 Å². The molecule has 0 aliphatic carbocycles. The van der Waals surface area contributed by atoms with Crippen LogP contribution >= 0.6 is 0 Å². The second-order valence-corrected chi connectivity index (χ2v) is 4.72. The van der Waals surface area contributed by atoms with Gasteiger partial charge in [0.1, 0.15) is 0 Å². The first-order valence-electron chi connectivity index (χ1n) is 5.90. The molecule has 1 atom stereocenters. The minimum Gasteiger partial charge on any atom is -0.381 e. The summed E-state index contributed by atoms with van der Waals surface area (Å²) >= 11 is 0. The molecule has 82 valence electrons. The number of likely N-dealkylation sites (tertiary alicyclic amines) is 1. The summed E-state index contributed by atoms with van der Waals surface area (Å²) in [5.41, 5.74) is 5.88. The van der Waals surface area contributed by atoms with Gasteiger partial charge >= 0.3 is 0 Å². The van der Waals surface area contributed by atoms with Crippen LogP contribution in [-0.2, 0) is 4.74 Å². The number of ether oxygens (including phenoxy) is 1.